The summed E-state index contributed by atoms with van der Waals surface area (Å²) in [5.41, 5.74) is 1.87. The number of hydrogen-bond acceptors (Lipinski definition) is 6. The average molecular weight is 513 g/mol. The Balaban J connectivity index is 1.55. The van der Waals surface area contributed by atoms with Crippen LogP contribution in [0.3, 0.4) is 0 Å². The molecule has 4 aromatic rings. The van der Waals surface area contributed by atoms with Gasteiger partial charge in [0, 0.05) is 5.56 Å². The van der Waals surface area contributed by atoms with Crippen LogP contribution in [0.25, 0.3) is 16.6 Å². The van der Waals surface area contributed by atoms with Gasteiger partial charge in [0.2, 0.25) is 0 Å². The second-order valence-electron chi connectivity index (χ2n) is 7.42. The van der Waals surface area contributed by atoms with Gasteiger partial charge < -0.3 is 4.74 Å². The number of carbonyl (C=O) groups excluding carboxylic acids is 1. The number of hydrogen-bond donors (Lipinski definition) is 1. The van der Waals surface area contributed by atoms with E-state index in [4.69, 9.17) is 4.74 Å². The highest BCUT2D eigenvalue weighted by Crippen LogP contribution is 2.31. The van der Waals surface area contributed by atoms with Crippen molar-refractivity contribution in [2.45, 2.75) is 11.3 Å². The van der Waals surface area contributed by atoms with Gasteiger partial charge in [0.1, 0.15) is 5.75 Å². The van der Waals surface area contributed by atoms with Crippen LogP contribution >= 0.6 is 11.8 Å². The number of fused-ring (bicyclic) bond motifs is 1. The number of hydrazone groups is 1. The van der Waals surface area contributed by atoms with Gasteiger partial charge in [0.05, 0.1) is 41.2 Å². The normalized spacial score (nSPS) is 11.7. The van der Waals surface area contributed by atoms with Crippen LogP contribution in [0, 0.1) is 0 Å². The van der Waals surface area contributed by atoms with Gasteiger partial charge in [-0.25, -0.2) is 10.4 Å². The van der Waals surface area contributed by atoms with Crippen LogP contribution in [-0.2, 0) is 11.0 Å². The van der Waals surface area contributed by atoms with Gasteiger partial charge in [-0.15, -0.1) is 0 Å². The summed E-state index contributed by atoms with van der Waals surface area (Å²) in [6, 6.07) is 18.5. The number of alkyl halides is 3. The molecule has 1 aromatic heterocycles. The molecule has 0 aliphatic heterocycles. The zero-order valence-electron chi connectivity index (χ0n) is 18.8. The summed E-state index contributed by atoms with van der Waals surface area (Å²) < 4.78 is 45.9. The standard InChI is InChI=1S/C25H19F3N4O3S/c1-35-18-12-10-17(11-13-18)32-23(34)19-7-3-5-9-21(19)30-24(32)36-15-22(33)31-29-14-16-6-2-4-8-20(16)25(26,27)28/h2-14H,15H2,1H3,(H,31,33). The van der Waals surface area contributed by atoms with Crippen LogP contribution in [0.1, 0.15) is 11.1 Å². The van der Waals surface area contributed by atoms with Crippen molar-refractivity contribution in [2.24, 2.45) is 5.10 Å². The Labute approximate surface area is 207 Å². The Morgan fingerprint density at radius 2 is 1.78 bits per heavy atom. The van der Waals surface area contributed by atoms with E-state index in [1.165, 1.54) is 29.9 Å². The molecule has 0 aliphatic carbocycles. The quantitative estimate of drug-likeness (QED) is 0.169. The van der Waals surface area contributed by atoms with Crippen LogP contribution < -0.4 is 15.7 Å². The molecule has 3 aromatic carbocycles. The number of nitrogens with one attached hydrogen (secondary N) is 1. The van der Waals surface area contributed by atoms with E-state index in [1.54, 1.807) is 48.5 Å². The number of para-hydroxylation sites is 1. The third-order valence-electron chi connectivity index (χ3n) is 5.07. The fraction of sp³-hybridized carbons (Fsp3) is 0.120. The van der Waals surface area contributed by atoms with E-state index in [1.807, 2.05) is 0 Å². The molecular formula is C25H19F3N4O3S. The number of carbonyl (C=O) groups is 1. The number of rotatable bonds is 7. The van der Waals surface area contributed by atoms with E-state index >= 15 is 0 Å². The van der Waals surface area contributed by atoms with E-state index < -0.39 is 17.6 Å². The minimum absolute atomic E-state index is 0.178. The maximum Gasteiger partial charge on any atom is 0.417 e. The molecule has 0 radical (unpaired) electrons. The monoisotopic (exact) mass is 512 g/mol. The zero-order chi connectivity index (χ0) is 25.7. The predicted molar refractivity (Wildman–Crippen MR) is 132 cm³/mol. The first-order valence-corrected chi connectivity index (χ1v) is 11.5. The molecule has 36 heavy (non-hydrogen) atoms. The first-order valence-electron chi connectivity index (χ1n) is 10.5. The summed E-state index contributed by atoms with van der Waals surface area (Å²) in [4.78, 5) is 30.2. The molecule has 1 N–H and O–H groups in total. The van der Waals surface area contributed by atoms with E-state index in [9.17, 15) is 22.8 Å². The number of ether oxygens (including phenoxy) is 1. The highest BCUT2D eigenvalue weighted by Gasteiger charge is 2.32. The van der Waals surface area contributed by atoms with Gasteiger partial charge in [0.25, 0.3) is 11.5 Å². The van der Waals surface area contributed by atoms with Crippen LogP contribution in [0.4, 0.5) is 13.2 Å². The molecule has 0 fully saturated rings. The molecule has 0 atom stereocenters. The smallest absolute Gasteiger partial charge is 0.417 e. The number of thioether (sulfide) groups is 1. The number of halogens is 3. The highest BCUT2D eigenvalue weighted by molar-refractivity contribution is 7.99. The lowest BCUT2D eigenvalue weighted by Crippen LogP contribution is -2.24. The Kier molecular flexibility index (Phi) is 7.39. The summed E-state index contributed by atoms with van der Waals surface area (Å²) in [5, 5.41) is 4.34. The van der Waals surface area contributed by atoms with Crippen LogP contribution in [-0.4, -0.2) is 34.5 Å². The Morgan fingerprint density at radius 1 is 1.08 bits per heavy atom. The predicted octanol–water partition coefficient (Wildman–Crippen LogP) is 4.66. The second kappa shape index (κ2) is 10.6. The molecule has 0 saturated heterocycles. The van der Waals surface area contributed by atoms with E-state index in [0.29, 0.717) is 22.3 Å². The van der Waals surface area contributed by atoms with Gasteiger partial charge in [-0.2, -0.15) is 18.3 Å². The van der Waals surface area contributed by atoms with Gasteiger partial charge >= 0.3 is 6.18 Å². The third kappa shape index (κ3) is 5.57. The third-order valence-corrected chi connectivity index (χ3v) is 6.01. The van der Waals surface area contributed by atoms with Crippen molar-refractivity contribution < 1.29 is 22.7 Å². The van der Waals surface area contributed by atoms with Gasteiger partial charge in [-0.05, 0) is 42.5 Å². The molecule has 0 bridgehead atoms. The SMILES string of the molecule is COc1ccc(-n2c(SCC(=O)NN=Cc3ccccc3C(F)(F)F)nc3ccccc3c2=O)cc1. The number of methoxy groups -OCH3 is 1. The zero-order valence-corrected chi connectivity index (χ0v) is 19.6. The Hall–Kier alpha value is -4.12. The molecule has 184 valence electrons. The van der Waals surface area contributed by atoms with Gasteiger partial charge in [-0.1, -0.05) is 42.1 Å². The van der Waals surface area contributed by atoms with Crippen molar-refractivity contribution >= 4 is 34.8 Å². The van der Waals surface area contributed by atoms with Crippen molar-refractivity contribution in [3.63, 3.8) is 0 Å². The van der Waals surface area contributed by atoms with Crippen molar-refractivity contribution in [3.05, 3.63) is 94.3 Å². The minimum Gasteiger partial charge on any atom is -0.497 e. The Morgan fingerprint density at radius 3 is 2.50 bits per heavy atom. The number of amides is 1. The van der Waals surface area contributed by atoms with Crippen molar-refractivity contribution in [1.29, 1.82) is 0 Å². The van der Waals surface area contributed by atoms with Crippen molar-refractivity contribution in [2.75, 3.05) is 12.9 Å². The first-order chi connectivity index (χ1) is 17.3. The molecule has 0 unspecified atom stereocenters. The van der Waals surface area contributed by atoms with E-state index in [2.05, 4.69) is 15.5 Å². The second-order valence-corrected chi connectivity index (χ2v) is 8.36. The maximum absolute atomic E-state index is 13.3. The fourth-order valence-electron chi connectivity index (χ4n) is 3.37. The lowest BCUT2D eigenvalue weighted by molar-refractivity contribution is -0.137. The number of benzene rings is 3. The molecule has 11 heteroatoms. The summed E-state index contributed by atoms with van der Waals surface area (Å²) >= 11 is 0.997. The molecule has 1 heterocycles. The maximum atomic E-state index is 13.3. The van der Waals surface area contributed by atoms with Crippen molar-refractivity contribution in [3.8, 4) is 11.4 Å². The Bertz CT molecular complexity index is 1480. The highest BCUT2D eigenvalue weighted by atomic mass is 32.2. The average Bonchev–Trinajstić information content (AvgIpc) is 2.87. The van der Waals surface area contributed by atoms with Gasteiger partial charge in [0.15, 0.2) is 5.16 Å². The lowest BCUT2D eigenvalue weighted by atomic mass is 10.1. The summed E-state index contributed by atoms with van der Waals surface area (Å²) in [5.74, 6) is -0.150. The molecule has 0 saturated carbocycles. The largest absolute Gasteiger partial charge is 0.497 e. The van der Waals surface area contributed by atoms with Crippen LogP contribution in [0.2, 0.25) is 0 Å². The molecule has 1 amide bonds. The number of nitrogens with zero attached hydrogens (tertiary/aromatic N) is 3. The molecule has 0 spiro atoms. The molecule has 0 aliphatic rings. The molecule has 4 rings (SSSR count). The molecule has 7 nitrogen and oxygen atoms in total. The molecular weight excluding hydrogens is 493 g/mol. The lowest BCUT2D eigenvalue weighted by Gasteiger charge is -2.13. The van der Waals surface area contributed by atoms with E-state index in [-0.39, 0.29) is 22.0 Å². The minimum atomic E-state index is -4.55. The van der Waals surface area contributed by atoms with E-state index in [0.717, 1.165) is 24.0 Å². The summed E-state index contributed by atoms with van der Waals surface area (Å²) in [7, 11) is 1.53. The summed E-state index contributed by atoms with van der Waals surface area (Å²) in [6.07, 6.45) is -3.61. The fourth-order valence-corrected chi connectivity index (χ4v) is 4.18. The van der Waals surface area contributed by atoms with Gasteiger partial charge in [-0.3, -0.25) is 14.2 Å². The van der Waals surface area contributed by atoms with Crippen LogP contribution in [0.15, 0.2) is 87.8 Å². The summed E-state index contributed by atoms with van der Waals surface area (Å²) in [6.45, 7) is 0. The number of aromatic nitrogens is 2. The van der Waals surface area contributed by atoms with Crippen molar-refractivity contribution in [1.82, 2.24) is 15.0 Å². The van der Waals surface area contributed by atoms with Crippen LogP contribution in [0.5, 0.6) is 5.75 Å². The first kappa shape index (κ1) is 25.0. The topological polar surface area (TPSA) is 85.6 Å².